The van der Waals surface area contributed by atoms with Crippen LogP contribution in [0, 0.1) is 0 Å². The first kappa shape index (κ1) is 23.4. The van der Waals surface area contributed by atoms with Crippen LogP contribution in [-0.4, -0.2) is 39.3 Å². The van der Waals surface area contributed by atoms with Crippen molar-refractivity contribution in [2.45, 2.75) is 30.5 Å². The van der Waals surface area contributed by atoms with Crippen LogP contribution in [0.15, 0.2) is 64.5 Å². The van der Waals surface area contributed by atoms with E-state index in [1.165, 1.54) is 17.7 Å². The maximum absolute atomic E-state index is 12.6. The summed E-state index contributed by atoms with van der Waals surface area (Å²) in [6.07, 6.45) is 1.63. The Morgan fingerprint density at radius 1 is 1.06 bits per heavy atom. The first-order chi connectivity index (χ1) is 16.4. The fourth-order valence-corrected chi connectivity index (χ4v) is 4.18. The number of hydrogen-bond donors (Lipinski definition) is 1. The second-order valence-corrected chi connectivity index (χ2v) is 8.80. The van der Waals surface area contributed by atoms with Crippen LogP contribution in [0.1, 0.15) is 35.9 Å². The van der Waals surface area contributed by atoms with Gasteiger partial charge in [0.05, 0.1) is 19.9 Å². The lowest BCUT2D eigenvalue weighted by Gasteiger charge is -2.10. The van der Waals surface area contributed by atoms with E-state index in [1.54, 1.807) is 48.1 Å². The molecule has 2 aromatic heterocycles. The van der Waals surface area contributed by atoms with Crippen molar-refractivity contribution in [3.8, 4) is 11.5 Å². The van der Waals surface area contributed by atoms with Crippen molar-refractivity contribution in [1.82, 2.24) is 19.2 Å². The maximum atomic E-state index is 12.6. The number of carbonyl (C=O) groups excluding carboxylic acids is 1. The first-order valence-electron chi connectivity index (χ1n) is 10.6. The molecular weight excluding hydrogens is 454 g/mol. The van der Waals surface area contributed by atoms with Gasteiger partial charge in [-0.1, -0.05) is 0 Å². The highest BCUT2D eigenvalue weighted by Crippen LogP contribution is 2.28. The Bertz CT molecular complexity index is 1380. The molecule has 0 aliphatic carbocycles. The molecule has 0 bridgehead atoms. The number of carbonyl (C=O) groups is 1. The average molecular weight is 480 g/mol. The van der Waals surface area contributed by atoms with Gasteiger partial charge in [-0.3, -0.25) is 14.3 Å². The van der Waals surface area contributed by atoms with Gasteiger partial charge in [0.25, 0.3) is 17.2 Å². The van der Waals surface area contributed by atoms with Gasteiger partial charge in [0.2, 0.25) is 0 Å². The molecule has 0 saturated carbocycles. The zero-order valence-electron chi connectivity index (χ0n) is 19.3. The number of hydrogen-bond acceptors (Lipinski definition) is 7. The Morgan fingerprint density at radius 2 is 1.79 bits per heavy atom. The lowest BCUT2D eigenvalue weighted by Crippen LogP contribution is -2.22. The van der Waals surface area contributed by atoms with Crippen LogP contribution < -0.4 is 20.3 Å². The van der Waals surface area contributed by atoms with Gasteiger partial charge >= 0.3 is 0 Å². The molecule has 2 heterocycles. The van der Waals surface area contributed by atoms with Crippen molar-refractivity contribution < 1.29 is 14.3 Å². The Kier molecular flexibility index (Phi) is 6.87. The molecule has 34 heavy (non-hydrogen) atoms. The van der Waals surface area contributed by atoms with Gasteiger partial charge in [-0.05, 0) is 56.3 Å². The minimum Gasteiger partial charge on any atom is -0.493 e. The number of thioether (sulfide) groups is 1. The molecule has 1 amide bonds. The molecule has 4 rings (SSSR count). The van der Waals surface area contributed by atoms with E-state index in [4.69, 9.17) is 9.47 Å². The topological polar surface area (TPSA) is 99.8 Å². The lowest BCUT2D eigenvalue weighted by atomic mass is 10.2. The van der Waals surface area contributed by atoms with Crippen molar-refractivity contribution in [3.05, 3.63) is 76.5 Å². The third-order valence-electron chi connectivity index (χ3n) is 5.13. The monoisotopic (exact) mass is 479 g/mol. The molecule has 1 N–H and O–H groups in total. The Labute approximate surface area is 200 Å². The normalized spacial score (nSPS) is 11.1. The Hall–Kier alpha value is -3.79. The predicted molar refractivity (Wildman–Crippen MR) is 131 cm³/mol. The maximum Gasteiger partial charge on any atom is 0.274 e. The summed E-state index contributed by atoms with van der Waals surface area (Å²) in [6, 6.07) is 14.1. The zero-order valence-corrected chi connectivity index (χ0v) is 20.1. The fourth-order valence-electron chi connectivity index (χ4n) is 3.38. The molecule has 10 heteroatoms. The van der Waals surface area contributed by atoms with Crippen LogP contribution in [0.5, 0.6) is 11.5 Å². The van der Waals surface area contributed by atoms with Crippen LogP contribution >= 0.6 is 11.8 Å². The molecular formula is C24H25N5O4S. The number of fused-ring (bicyclic) bond motifs is 1. The molecule has 9 nitrogen and oxygen atoms in total. The van der Waals surface area contributed by atoms with E-state index in [0.717, 1.165) is 4.90 Å². The average Bonchev–Trinajstić information content (AvgIpc) is 3.28. The second-order valence-electron chi connectivity index (χ2n) is 7.75. The van der Waals surface area contributed by atoms with E-state index in [9.17, 15) is 9.59 Å². The summed E-state index contributed by atoms with van der Waals surface area (Å²) >= 11 is 1.55. The summed E-state index contributed by atoms with van der Waals surface area (Å²) in [4.78, 5) is 34.9. The largest absolute Gasteiger partial charge is 0.493 e. The summed E-state index contributed by atoms with van der Waals surface area (Å²) in [6.45, 7) is 3.97. The minimum atomic E-state index is -0.250. The molecule has 2 aromatic carbocycles. The lowest BCUT2D eigenvalue weighted by molar-refractivity contribution is 0.102. The van der Waals surface area contributed by atoms with E-state index >= 15 is 0 Å². The number of amides is 1. The van der Waals surface area contributed by atoms with Crippen molar-refractivity contribution in [3.63, 3.8) is 0 Å². The van der Waals surface area contributed by atoms with Gasteiger partial charge in [0, 0.05) is 34.0 Å². The summed E-state index contributed by atoms with van der Waals surface area (Å²) in [7, 11) is 3.07. The van der Waals surface area contributed by atoms with Crippen LogP contribution in [0.25, 0.3) is 5.78 Å². The SMILES string of the molecule is COc1ccc(C(=O)Nc2ccc(SCc3cc(=O)n4c(ncn4C(C)C)n3)cc2)cc1OC. The molecule has 176 valence electrons. The number of nitrogens with one attached hydrogen (secondary N) is 1. The highest BCUT2D eigenvalue weighted by Gasteiger charge is 2.12. The number of aromatic nitrogens is 4. The van der Waals surface area contributed by atoms with Crippen molar-refractivity contribution in [2.75, 3.05) is 19.5 Å². The molecule has 0 radical (unpaired) electrons. The molecule has 0 spiro atoms. The molecule has 0 atom stereocenters. The molecule has 0 aliphatic rings. The summed E-state index contributed by atoms with van der Waals surface area (Å²) in [5, 5.41) is 2.88. The van der Waals surface area contributed by atoms with E-state index in [-0.39, 0.29) is 17.5 Å². The quantitative estimate of drug-likeness (QED) is 0.381. The number of nitrogens with zero attached hydrogens (tertiary/aromatic N) is 4. The fraction of sp³-hybridized carbons (Fsp3) is 0.250. The van der Waals surface area contributed by atoms with Gasteiger partial charge < -0.3 is 14.8 Å². The highest BCUT2D eigenvalue weighted by atomic mass is 32.2. The van der Waals surface area contributed by atoms with Crippen LogP contribution in [0.4, 0.5) is 5.69 Å². The van der Waals surface area contributed by atoms with Crippen molar-refractivity contribution >= 4 is 29.1 Å². The van der Waals surface area contributed by atoms with Gasteiger partial charge in [-0.25, -0.2) is 4.98 Å². The zero-order chi connectivity index (χ0) is 24.2. The van der Waals surface area contributed by atoms with E-state index in [1.807, 2.05) is 38.1 Å². The van der Waals surface area contributed by atoms with Crippen LogP contribution in [0.2, 0.25) is 0 Å². The molecule has 0 aliphatic heterocycles. The second kappa shape index (κ2) is 10.0. The number of methoxy groups -OCH3 is 2. The van der Waals surface area contributed by atoms with Gasteiger partial charge in [-0.15, -0.1) is 11.8 Å². The van der Waals surface area contributed by atoms with E-state index in [2.05, 4.69) is 15.3 Å². The standard InChI is InChI=1S/C24H25N5O4S/c1-15(2)28-14-25-24-27-18(12-22(30)29(24)28)13-34-19-8-6-17(7-9-19)26-23(31)16-5-10-20(32-3)21(11-16)33-4/h5-12,14-15H,13H2,1-4H3,(H,26,31). The first-order valence-corrected chi connectivity index (χ1v) is 11.6. The van der Waals surface area contributed by atoms with E-state index < -0.39 is 0 Å². The Morgan fingerprint density at radius 3 is 2.47 bits per heavy atom. The third-order valence-corrected chi connectivity index (χ3v) is 6.17. The van der Waals surface area contributed by atoms with Crippen LogP contribution in [-0.2, 0) is 5.75 Å². The molecule has 0 fully saturated rings. The number of ether oxygens (including phenoxy) is 2. The van der Waals surface area contributed by atoms with Gasteiger partial charge in [-0.2, -0.15) is 9.50 Å². The molecule has 0 saturated heterocycles. The number of benzene rings is 2. The van der Waals surface area contributed by atoms with Gasteiger partial charge in [0.1, 0.15) is 6.33 Å². The van der Waals surface area contributed by atoms with Crippen molar-refractivity contribution in [2.24, 2.45) is 0 Å². The smallest absolute Gasteiger partial charge is 0.274 e. The van der Waals surface area contributed by atoms with Crippen LogP contribution in [0.3, 0.4) is 0 Å². The summed E-state index contributed by atoms with van der Waals surface area (Å²) in [5.41, 5.74) is 1.64. The van der Waals surface area contributed by atoms with E-state index in [0.29, 0.717) is 40.0 Å². The summed E-state index contributed by atoms with van der Waals surface area (Å²) < 4.78 is 13.7. The number of anilines is 1. The Balaban J connectivity index is 1.40. The minimum absolute atomic E-state index is 0.107. The molecule has 0 unspecified atom stereocenters. The third kappa shape index (κ3) is 4.91. The summed E-state index contributed by atoms with van der Waals surface area (Å²) in [5.74, 6) is 1.72. The number of rotatable bonds is 8. The van der Waals surface area contributed by atoms with Crippen molar-refractivity contribution in [1.29, 1.82) is 0 Å². The molecule has 4 aromatic rings. The predicted octanol–water partition coefficient (Wildman–Crippen LogP) is 4.03. The van der Waals surface area contributed by atoms with Gasteiger partial charge in [0.15, 0.2) is 11.5 Å². The highest BCUT2D eigenvalue weighted by molar-refractivity contribution is 7.98.